The maximum absolute atomic E-state index is 14.3. The van der Waals surface area contributed by atoms with Gasteiger partial charge in [0.05, 0.1) is 49.4 Å². The van der Waals surface area contributed by atoms with Crippen LogP contribution < -0.4 is 19.3 Å². The lowest BCUT2D eigenvalue weighted by Crippen LogP contribution is -2.39. The SMILES string of the molecule is COc1cc(O)c(C2C3=CCC4C(=O)N(c5ccc(N6CCOCC6)cc5)C(=O)C4C3CC3=C2C(=O)C=C(Br)C3=O)c(OC)c1. The summed E-state index contributed by atoms with van der Waals surface area (Å²) in [4.78, 5) is 58.7. The van der Waals surface area contributed by atoms with Gasteiger partial charge in [-0.15, -0.1) is 0 Å². The molecule has 10 nitrogen and oxygen atoms in total. The van der Waals surface area contributed by atoms with E-state index in [1.165, 1.54) is 31.3 Å². The number of imide groups is 1. The number of nitrogens with zero attached hydrogens (tertiary/aromatic N) is 2. The zero-order valence-corrected chi connectivity index (χ0v) is 26.3. The van der Waals surface area contributed by atoms with Crippen molar-refractivity contribution in [2.24, 2.45) is 17.8 Å². The summed E-state index contributed by atoms with van der Waals surface area (Å²) in [5, 5.41) is 11.3. The van der Waals surface area contributed by atoms with Gasteiger partial charge in [0.25, 0.3) is 0 Å². The first kappa shape index (κ1) is 29.5. The van der Waals surface area contributed by atoms with Crippen molar-refractivity contribution in [3.05, 3.63) is 75.3 Å². The molecule has 0 spiro atoms. The molecule has 0 aromatic heterocycles. The van der Waals surface area contributed by atoms with E-state index in [1.807, 2.05) is 18.2 Å². The van der Waals surface area contributed by atoms with Crippen molar-refractivity contribution in [1.82, 2.24) is 0 Å². The molecule has 2 aromatic rings. The molecule has 0 radical (unpaired) electrons. The van der Waals surface area contributed by atoms with Crippen LogP contribution in [0.1, 0.15) is 24.3 Å². The Hall–Kier alpha value is -4.22. The van der Waals surface area contributed by atoms with Gasteiger partial charge in [-0.1, -0.05) is 11.6 Å². The van der Waals surface area contributed by atoms with Crippen LogP contribution in [0.5, 0.6) is 17.2 Å². The Morgan fingerprint density at radius 1 is 0.933 bits per heavy atom. The third-order valence-corrected chi connectivity index (χ3v) is 10.2. The van der Waals surface area contributed by atoms with Crippen LogP contribution in [-0.2, 0) is 23.9 Å². The van der Waals surface area contributed by atoms with Gasteiger partial charge in [0.15, 0.2) is 11.6 Å². The number of hydrogen-bond donors (Lipinski definition) is 1. The Labute approximate surface area is 268 Å². The van der Waals surface area contributed by atoms with E-state index < -0.39 is 23.7 Å². The average Bonchev–Trinajstić information content (AvgIpc) is 3.32. The van der Waals surface area contributed by atoms with Crippen LogP contribution in [0.25, 0.3) is 0 Å². The second-order valence-corrected chi connectivity index (χ2v) is 12.6. The van der Waals surface area contributed by atoms with Crippen molar-refractivity contribution < 1.29 is 38.5 Å². The van der Waals surface area contributed by atoms with Gasteiger partial charge in [0.1, 0.15) is 17.2 Å². The van der Waals surface area contributed by atoms with Crippen LogP contribution in [0.2, 0.25) is 0 Å². The first-order chi connectivity index (χ1) is 21.7. The van der Waals surface area contributed by atoms with E-state index in [-0.39, 0.29) is 63.4 Å². The molecule has 11 heteroatoms. The van der Waals surface area contributed by atoms with Gasteiger partial charge in [0.2, 0.25) is 11.8 Å². The zero-order valence-electron chi connectivity index (χ0n) is 24.7. The fourth-order valence-corrected chi connectivity index (χ4v) is 8.04. The van der Waals surface area contributed by atoms with Crippen LogP contribution in [-0.4, -0.2) is 69.0 Å². The van der Waals surface area contributed by atoms with Crippen molar-refractivity contribution in [3.63, 3.8) is 0 Å². The Balaban J connectivity index is 1.30. The molecule has 7 rings (SSSR count). The molecule has 5 aliphatic rings. The van der Waals surface area contributed by atoms with E-state index in [4.69, 9.17) is 14.2 Å². The number of amides is 2. The number of phenolic OH excluding ortho intramolecular Hbond substituents is 1. The number of rotatable bonds is 5. The summed E-state index contributed by atoms with van der Waals surface area (Å²) in [6, 6.07) is 10.5. The number of carbonyl (C=O) groups excluding carboxylic acids is 4. The van der Waals surface area contributed by atoms with Crippen molar-refractivity contribution >= 4 is 50.7 Å². The molecule has 2 heterocycles. The topological polar surface area (TPSA) is 123 Å². The number of ether oxygens (including phenoxy) is 3. The van der Waals surface area contributed by atoms with Gasteiger partial charge in [-0.2, -0.15) is 0 Å². The van der Waals surface area contributed by atoms with E-state index >= 15 is 0 Å². The van der Waals surface area contributed by atoms with Crippen molar-refractivity contribution in [3.8, 4) is 17.2 Å². The molecule has 2 aliphatic heterocycles. The van der Waals surface area contributed by atoms with Crippen LogP contribution in [0, 0.1) is 17.8 Å². The fraction of sp³-hybridized carbons (Fsp3) is 0.353. The molecule has 2 saturated heterocycles. The summed E-state index contributed by atoms with van der Waals surface area (Å²) in [6.07, 6.45) is 3.56. The number of aromatic hydroxyl groups is 1. The highest BCUT2D eigenvalue weighted by Gasteiger charge is 2.57. The quantitative estimate of drug-likeness (QED) is 0.282. The normalized spacial score (nSPS) is 26.3. The van der Waals surface area contributed by atoms with Gasteiger partial charge in [-0.05, 0) is 59.0 Å². The lowest BCUT2D eigenvalue weighted by molar-refractivity contribution is -0.123. The molecule has 45 heavy (non-hydrogen) atoms. The number of fused-ring (bicyclic) bond motifs is 3. The number of benzene rings is 2. The highest BCUT2D eigenvalue weighted by atomic mass is 79.9. The predicted molar refractivity (Wildman–Crippen MR) is 168 cm³/mol. The molecular formula is C34H31BrN2O8. The molecule has 3 aliphatic carbocycles. The number of halogens is 1. The number of methoxy groups -OCH3 is 2. The van der Waals surface area contributed by atoms with Gasteiger partial charge in [-0.25, -0.2) is 0 Å². The maximum Gasteiger partial charge on any atom is 0.238 e. The Morgan fingerprint density at radius 3 is 2.33 bits per heavy atom. The summed E-state index contributed by atoms with van der Waals surface area (Å²) in [5.74, 6) is -3.65. The Morgan fingerprint density at radius 2 is 1.64 bits per heavy atom. The number of carbonyl (C=O) groups is 4. The molecule has 1 N–H and O–H groups in total. The van der Waals surface area contributed by atoms with Gasteiger partial charge in [0, 0.05) is 59.6 Å². The van der Waals surface area contributed by atoms with Crippen molar-refractivity contribution in [1.29, 1.82) is 0 Å². The highest BCUT2D eigenvalue weighted by molar-refractivity contribution is 9.12. The van der Waals surface area contributed by atoms with Crippen molar-refractivity contribution in [2.45, 2.75) is 18.8 Å². The molecule has 2 fully saturated rings. The van der Waals surface area contributed by atoms with E-state index in [2.05, 4.69) is 20.8 Å². The van der Waals surface area contributed by atoms with Crippen LogP contribution in [0.4, 0.5) is 11.4 Å². The third kappa shape index (κ3) is 4.63. The lowest BCUT2D eigenvalue weighted by atomic mass is 9.59. The summed E-state index contributed by atoms with van der Waals surface area (Å²) >= 11 is 3.25. The zero-order chi connectivity index (χ0) is 31.6. The molecule has 0 bridgehead atoms. The fourth-order valence-electron chi connectivity index (χ4n) is 7.59. The van der Waals surface area contributed by atoms with E-state index in [1.54, 1.807) is 18.2 Å². The average molecular weight is 676 g/mol. The van der Waals surface area contributed by atoms with Crippen molar-refractivity contribution in [2.75, 3.05) is 50.3 Å². The second-order valence-electron chi connectivity index (χ2n) is 11.8. The predicted octanol–water partition coefficient (Wildman–Crippen LogP) is 4.21. The van der Waals surface area contributed by atoms with E-state index in [0.717, 1.165) is 18.8 Å². The monoisotopic (exact) mass is 674 g/mol. The summed E-state index contributed by atoms with van der Waals surface area (Å²) in [7, 11) is 2.91. The van der Waals surface area contributed by atoms with Crippen LogP contribution in [0.3, 0.4) is 0 Å². The number of morpholine rings is 1. The lowest BCUT2D eigenvalue weighted by Gasteiger charge is -2.42. The summed E-state index contributed by atoms with van der Waals surface area (Å²) in [6.45, 7) is 2.82. The number of ketones is 2. The number of hydrogen-bond acceptors (Lipinski definition) is 9. The molecule has 2 aromatic carbocycles. The van der Waals surface area contributed by atoms with Gasteiger partial charge < -0.3 is 24.2 Å². The molecule has 232 valence electrons. The number of Topliss-reactive ketones (excluding diaryl/α,β-unsaturated/α-hetero) is 1. The Kier molecular flexibility index (Phi) is 7.40. The van der Waals surface area contributed by atoms with Crippen LogP contribution in [0.15, 0.2) is 69.8 Å². The molecule has 4 unspecified atom stereocenters. The number of phenols is 1. The first-order valence-corrected chi connectivity index (χ1v) is 15.7. The van der Waals surface area contributed by atoms with Crippen LogP contribution >= 0.6 is 15.9 Å². The van der Waals surface area contributed by atoms with E-state index in [0.29, 0.717) is 35.8 Å². The Bertz CT molecular complexity index is 1740. The summed E-state index contributed by atoms with van der Waals surface area (Å²) < 4.78 is 16.6. The maximum atomic E-state index is 14.3. The molecule has 2 amide bonds. The number of allylic oxidation sites excluding steroid dienone is 6. The standard InChI is InChI=1S/C34H31BrN2O8/c1-43-19-13-25(38)31(27(14-19)44-2)30-20-7-8-21-28(22(20)15-23-29(30)26(39)16-24(35)32(23)40)34(42)37(33(21)41)18-5-3-17(4-6-18)36-9-11-45-12-10-36/h3-7,13-14,16,21-22,28,30,38H,8-12,15H2,1-2H3. The summed E-state index contributed by atoms with van der Waals surface area (Å²) in [5.41, 5.74) is 3.02. The smallest absolute Gasteiger partial charge is 0.238 e. The third-order valence-electron chi connectivity index (χ3n) is 9.65. The first-order valence-electron chi connectivity index (χ1n) is 14.9. The minimum Gasteiger partial charge on any atom is -0.507 e. The highest BCUT2D eigenvalue weighted by Crippen LogP contribution is 2.58. The molecular weight excluding hydrogens is 644 g/mol. The molecule has 4 atom stereocenters. The number of anilines is 2. The molecule has 0 saturated carbocycles. The van der Waals surface area contributed by atoms with E-state index in [9.17, 15) is 24.3 Å². The van der Waals surface area contributed by atoms with Gasteiger partial charge in [-0.3, -0.25) is 24.1 Å². The second kappa shape index (κ2) is 11.3. The van der Waals surface area contributed by atoms with Gasteiger partial charge >= 0.3 is 0 Å². The minimum atomic E-state index is -0.862. The largest absolute Gasteiger partial charge is 0.507 e. The minimum absolute atomic E-state index is 0.119.